The van der Waals surface area contributed by atoms with Gasteiger partial charge in [0.05, 0.1) is 6.61 Å². The number of aromatic nitrogens is 2. The molecule has 0 aliphatic rings. The number of halogens is 2. The van der Waals surface area contributed by atoms with E-state index in [1.54, 1.807) is 12.1 Å². The van der Waals surface area contributed by atoms with E-state index >= 15 is 0 Å². The van der Waals surface area contributed by atoms with Gasteiger partial charge in [-0.05, 0) is 43.0 Å². The molecule has 1 atom stereocenters. The number of hydrogen-bond acceptors (Lipinski definition) is 3. The van der Waals surface area contributed by atoms with Crippen LogP contribution in [0.4, 0.5) is 8.78 Å². The van der Waals surface area contributed by atoms with Crippen LogP contribution in [0.5, 0.6) is 5.75 Å². The van der Waals surface area contributed by atoms with Crippen molar-refractivity contribution in [3.8, 4) is 17.1 Å². The van der Waals surface area contributed by atoms with Crippen LogP contribution in [0.25, 0.3) is 11.4 Å². The summed E-state index contributed by atoms with van der Waals surface area (Å²) in [4.78, 5) is 8.88. The average Bonchev–Trinajstić information content (AvgIpc) is 2.89. The van der Waals surface area contributed by atoms with E-state index in [0.29, 0.717) is 17.8 Å². The number of ether oxygens (including phenoxy) is 1. The fourth-order valence-corrected chi connectivity index (χ4v) is 4.44. The first-order chi connectivity index (χ1) is 17.6. The van der Waals surface area contributed by atoms with E-state index < -0.39 is 12.0 Å². The molecule has 1 heterocycles. The summed E-state index contributed by atoms with van der Waals surface area (Å²) in [6.45, 7) is 4.57. The van der Waals surface area contributed by atoms with Gasteiger partial charge in [0, 0.05) is 24.4 Å². The number of hydrogen-bond donors (Lipinski definition) is 0. The first-order valence-corrected chi connectivity index (χ1v) is 14.5. The van der Waals surface area contributed by atoms with Crippen molar-refractivity contribution >= 4 is 0 Å². The van der Waals surface area contributed by atoms with Crippen molar-refractivity contribution in [1.82, 2.24) is 9.97 Å². The second kappa shape index (κ2) is 19.1. The van der Waals surface area contributed by atoms with Crippen molar-refractivity contribution in [2.75, 3.05) is 6.61 Å². The Hall–Kier alpha value is -2.04. The molecule has 1 aromatic heterocycles. The lowest BCUT2D eigenvalue weighted by Gasteiger charge is -2.11. The van der Waals surface area contributed by atoms with E-state index in [2.05, 4.69) is 23.8 Å². The minimum Gasteiger partial charge on any atom is -0.490 e. The highest BCUT2D eigenvalue weighted by atomic mass is 19.1. The van der Waals surface area contributed by atoms with Gasteiger partial charge < -0.3 is 4.74 Å². The minimum atomic E-state index is -0.892. The largest absolute Gasteiger partial charge is 0.490 e. The van der Waals surface area contributed by atoms with Crippen LogP contribution in [0.1, 0.15) is 122 Å². The smallest absolute Gasteiger partial charge is 0.165 e. The number of nitrogens with zero attached hydrogens (tertiary/aromatic N) is 2. The molecule has 0 bridgehead atoms. The van der Waals surface area contributed by atoms with Gasteiger partial charge >= 0.3 is 0 Å². The highest BCUT2D eigenvalue weighted by molar-refractivity contribution is 5.56. The maximum absolute atomic E-state index is 14.5. The Bertz CT molecular complexity index is 813. The van der Waals surface area contributed by atoms with Crippen molar-refractivity contribution < 1.29 is 13.5 Å². The Balaban J connectivity index is 1.66. The van der Waals surface area contributed by atoms with Crippen molar-refractivity contribution in [3.63, 3.8) is 0 Å². The fraction of sp³-hybridized carbons (Fsp3) is 0.677. The molecule has 0 aliphatic carbocycles. The van der Waals surface area contributed by atoms with Crippen molar-refractivity contribution in [3.05, 3.63) is 42.0 Å². The van der Waals surface area contributed by atoms with Gasteiger partial charge in [0.25, 0.3) is 0 Å². The predicted molar refractivity (Wildman–Crippen MR) is 147 cm³/mol. The van der Waals surface area contributed by atoms with E-state index in [1.165, 1.54) is 63.9 Å². The molecule has 0 saturated carbocycles. The van der Waals surface area contributed by atoms with E-state index in [4.69, 9.17) is 4.74 Å². The van der Waals surface area contributed by atoms with E-state index in [0.717, 1.165) is 44.1 Å². The number of aryl methyl sites for hydroxylation is 1. The third-order valence-corrected chi connectivity index (χ3v) is 6.77. The Kier molecular flexibility index (Phi) is 16.0. The molecule has 0 fully saturated rings. The summed E-state index contributed by atoms with van der Waals surface area (Å²) in [5, 5.41) is 0. The van der Waals surface area contributed by atoms with Gasteiger partial charge in [-0.25, -0.2) is 18.7 Å². The van der Waals surface area contributed by atoms with Crippen LogP contribution in [0.3, 0.4) is 0 Å². The Labute approximate surface area is 218 Å². The maximum atomic E-state index is 14.5. The van der Waals surface area contributed by atoms with Gasteiger partial charge in [-0.1, -0.05) is 97.3 Å². The molecule has 0 saturated heterocycles. The molecular formula is C31H48F2N2O. The molecule has 0 radical (unpaired) electrons. The van der Waals surface area contributed by atoms with Crippen LogP contribution < -0.4 is 4.74 Å². The summed E-state index contributed by atoms with van der Waals surface area (Å²) >= 11 is 0. The maximum Gasteiger partial charge on any atom is 0.165 e. The van der Waals surface area contributed by atoms with Crippen molar-refractivity contribution in [2.24, 2.45) is 0 Å². The minimum absolute atomic E-state index is 0.148. The van der Waals surface area contributed by atoms with Crippen LogP contribution in [0, 0.1) is 5.82 Å². The van der Waals surface area contributed by atoms with Gasteiger partial charge in [0.15, 0.2) is 17.4 Å². The molecule has 36 heavy (non-hydrogen) atoms. The zero-order valence-corrected chi connectivity index (χ0v) is 22.8. The molecular weight excluding hydrogens is 454 g/mol. The predicted octanol–water partition coefficient (Wildman–Crippen LogP) is 9.82. The Morgan fingerprint density at radius 1 is 0.750 bits per heavy atom. The van der Waals surface area contributed by atoms with Crippen molar-refractivity contribution in [2.45, 2.75) is 129 Å². The quantitative estimate of drug-likeness (QED) is 0.159. The normalized spacial score (nSPS) is 12.1. The summed E-state index contributed by atoms with van der Waals surface area (Å²) in [5.74, 6) is 0.182. The third kappa shape index (κ3) is 12.8. The van der Waals surface area contributed by atoms with Crippen LogP contribution in [-0.4, -0.2) is 22.7 Å². The molecule has 2 aromatic rings. The van der Waals surface area contributed by atoms with Gasteiger partial charge in [-0.15, -0.1) is 0 Å². The lowest BCUT2D eigenvalue weighted by molar-refractivity contribution is 0.217. The lowest BCUT2D eigenvalue weighted by atomic mass is 10.0. The monoisotopic (exact) mass is 502 g/mol. The molecule has 0 spiro atoms. The van der Waals surface area contributed by atoms with Gasteiger partial charge in [0.2, 0.25) is 0 Å². The van der Waals surface area contributed by atoms with Crippen LogP contribution >= 0.6 is 0 Å². The van der Waals surface area contributed by atoms with Crippen LogP contribution in [-0.2, 0) is 6.42 Å². The fourth-order valence-electron chi connectivity index (χ4n) is 4.44. The second-order valence-corrected chi connectivity index (χ2v) is 10.1. The van der Waals surface area contributed by atoms with Gasteiger partial charge in [-0.2, -0.15) is 0 Å². The van der Waals surface area contributed by atoms with Gasteiger partial charge in [0.1, 0.15) is 6.17 Å². The lowest BCUT2D eigenvalue weighted by Crippen LogP contribution is -2.08. The molecule has 202 valence electrons. The second-order valence-electron chi connectivity index (χ2n) is 10.1. The van der Waals surface area contributed by atoms with E-state index in [9.17, 15) is 8.78 Å². The zero-order chi connectivity index (χ0) is 25.8. The molecule has 1 aromatic carbocycles. The molecule has 0 aliphatic heterocycles. The molecule has 3 nitrogen and oxygen atoms in total. The highest BCUT2D eigenvalue weighted by Gasteiger charge is 2.11. The third-order valence-electron chi connectivity index (χ3n) is 6.77. The topological polar surface area (TPSA) is 35.0 Å². The number of alkyl halides is 1. The molecule has 5 heteroatoms. The number of rotatable bonds is 21. The molecule has 0 N–H and O–H groups in total. The van der Waals surface area contributed by atoms with E-state index in [1.807, 2.05) is 12.4 Å². The van der Waals surface area contributed by atoms with Crippen LogP contribution in [0.15, 0.2) is 30.6 Å². The first-order valence-electron chi connectivity index (χ1n) is 14.5. The summed E-state index contributed by atoms with van der Waals surface area (Å²) < 4.78 is 34.0. The van der Waals surface area contributed by atoms with Gasteiger partial charge in [-0.3, -0.25) is 0 Å². The SMILES string of the molecule is CCCCCCCCCCCCc1cnc(-c2ccc(OCCC(F)CCCCCC)c(F)c2)nc1. The summed E-state index contributed by atoms with van der Waals surface area (Å²) in [5.41, 5.74) is 1.74. The highest BCUT2D eigenvalue weighted by Crippen LogP contribution is 2.24. The summed E-state index contributed by atoms with van der Waals surface area (Å²) in [6, 6.07) is 4.73. The van der Waals surface area contributed by atoms with E-state index in [-0.39, 0.29) is 18.8 Å². The Morgan fingerprint density at radius 2 is 1.33 bits per heavy atom. The zero-order valence-electron chi connectivity index (χ0n) is 22.8. The molecule has 2 rings (SSSR count). The standard InChI is InChI=1S/C31H48F2N2O/c1-3-5-7-9-10-11-12-13-14-15-17-26-24-34-31(35-25-26)27-19-20-30(29(33)23-27)36-22-21-28(32)18-16-8-6-4-2/h19-20,23-25,28H,3-18,21-22H2,1-2H3. The van der Waals surface area contributed by atoms with Crippen LogP contribution in [0.2, 0.25) is 0 Å². The molecule has 0 amide bonds. The summed E-state index contributed by atoms with van der Waals surface area (Å²) in [6.07, 6.45) is 22.1. The molecule has 1 unspecified atom stereocenters. The number of benzene rings is 1. The average molecular weight is 503 g/mol. The number of unbranched alkanes of at least 4 members (excludes halogenated alkanes) is 12. The Morgan fingerprint density at radius 3 is 1.94 bits per heavy atom. The summed E-state index contributed by atoms with van der Waals surface area (Å²) in [7, 11) is 0. The van der Waals surface area contributed by atoms with Crippen molar-refractivity contribution in [1.29, 1.82) is 0 Å². The first kappa shape index (κ1) is 30.2.